The number of carbonyl (C=O) groups is 1. The number of nitrogens with one attached hydrogen (secondary N) is 1. The highest BCUT2D eigenvalue weighted by Gasteiger charge is 2.09. The number of halogens is 1. The molecular weight excluding hydrogens is 393 g/mol. The van der Waals surface area contributed by atoms with E-state index < -0.39 is 0 Å². The first-order chi connectivity index (χ1) is 10.3. The Morgan fingerprint density at radius 2 is 1.86 bits per heavy atom. The van der Waals surface area contributed by atoms with Crippen LogP contribution in [0.3, 0.4) is 0 Å². The summed E-state index contributed by atoms with van der Waals surface area (Å²) in [5.41, 5.74) is 2.05. The first-order valence-electron chi connectivity index (χ1n) is 6.73. The number of carbonyl (C=O) groups excluding carboxylic acids is 1. The van der Waals surface area contributed by atoms with Crippen LogP contribution < -0.4 is 5.32 Å². The second-order valence-corrected chi connectivity index (χ2v) is 6.82. The molecule has 0 saturated heterocycles. The second kappa shape index (κ2) is 6.58. The van der Waals surface area contributed by atoms with Gasteiger partial charge in [-0.3, -0.25) is 4.79 Å². The molecule has 0 aliphatic heterocycles. The summed E-state index contributed by atoms with van der Waals surface area (Å²) >= 11 is 3.95. The lowest BCUT2D eigenvalue weighted by atomic mass is 10.1. The summed E-state index contributed by atoms with van der Waals surface area (Å²) in [4.78, 5) is 12.1. The fourth-order valence-electron chi connectivity index (χ4n) is 2.28. The van der Waals surface area contributed by atoms with Crippen LogP contribution in [0.1, 0.15) is 15.9 Å². The van der Waals surface area contributed by atoms with Gasteiger partial charge in [-0.1, -0.05) is 30.3 Å². The largest absolute Gasteiger partial charge is 0.352 e. The average Bonchev–Trinajstić information content (AvgIpc) is 2.91. The fraction of sp³-hybridized carbons (Fsp3) is 0.118. The summed E-state index contributed by atoms with van der Waals surface area (Å²) < 4.78 is 2.28. The number of fused-ring (bicyclic) bond motifs is 1. The highest BCUT2D eigenvalue weighted by molar-refractivity contribution is 14.1. The lowest BCUT2D eigenvalue weighted by Gasteiger charge is -2.06. The van der Waals surface area contributed by atoms with Crippen LogP contribution in [-0.2, 0) is 6.42 Å². The van der Waals surface area contributed by atoms with E-state index in [0.29, 0.717) is 6.54 Å². The summed E-state index contributed by atoms with van der Waals surface area (Å²) in [5.74, 6) is -0.000430. The van der Waals surface area contributed by atoms with Crippen molar-refractivity contribution >= 4 is 49.9 Å². The van der Waals surface area contributed by atoms with Crippen molar-refractivity contribution in [3.8, 4) is 0 Å². The summed E-state index contributed by atoms with van der Waals surface area (Å²) in [6.07, 6.45) is 0.860. The van der Waals surface area contributed by atoms with E-state index in [0.717, 1.165) is 15.6 Å². The van der Waals surface area contributed by atoms with Crippen molar-refractivity contribution in [1.82, 2.24) is 5.32 Å². The van der Waals surface area contributed by atoms with Crippen molar-refractivity contribution in [1.29, 1.82) is 0 Å². The lowest BCUT2D eigenvalue weighted by Crippen LogP contribution is -2.26. The van der Waals surface area contributed by atoms with Gasteiger partial charge in [-0.2, -0.15) is 0 Å². The van der Waals surface area contributed by atoms with Crippen molar-refractivity contribution < 1.29 is 4.79 Å². The smallest absolute Gasteiger partial charge is 0.252 e. The Morgan fingerprint density at radius 3 is 2.71 bits per heavy atom. The molecule has 0 unspecified atom stereocenters. The van der Waals surface area contributed by atoms with Crippen LogP contribution in [0.2, 0.25) is 0 Å². The molecule has 0 spiro atoms. The maximum Gasteiger partial charge on any atom is 0.252 e. The molecule has 1 N–H and O–H groups in total. The quantitative estimate of drug-likeness (QED) is 0.635. The number of amides is 1. The zero-order chi connectivity index (χ0) is 14.7. The van der Waals surface area contributed by atoms with Crippen molar-refractivity contribution in [3.63, 3.8) is 0 Å². The van der Waals surface area contributed by atoms with E-state index in [4.69, 9.17) is 0 Å². The molecule has 106 valence electrons. The van der Waals surface area contributed by atoms with E-state index in [1.165, 1.54) is 15.6 Å². The third kappa shape index (κ3) is 3.27. The standard InChI is InChI=1S/C17H14INOS/c18-15-7-3-1-6-14(15)17(20)19-10-9-12-11-21-16-8-4-2-5-13(12)16/h1-8,11H,9-10H2,(H,19,20). The Kier molecular flexibility index (Phi) is 4.55. The molecule has 0 aliphatic carbocycles. The van der Waals surface area contributed by atoms with Gasteiger partial charge in [-0.15, -0.1) is 11.3 Å². The van der Waals surface area contributed by atoms with Crippen LogP contribution in [0.25, 0.3) is 10.1 Å². The maximum absolute atomic E-state index is 12.1. The summed E-state index contributed by atoms with van der Waals surface area (Å²) in [6, 6.07) is 16.0. The minimum atomic E-state index is -0.000430. The third-order valence-electron chi connectivity index (χ3n) is 3.36. The Labute approximate surface area is 141 Å². The SMILES string of the molecule is O=C(NCCc1csc2ccccc12)c1ccccc1I. The van der Waals surface area contributed by atoms with Crippen LogP contribution in [-0.4, -0.2) is 12.5 Å². The molecule has 1 heterocycles. The molecule has 21 heavy (non-hydrogen) atoms. The van der Waals surface area contributed by atoms with Gasteiger partial charge in [-0.25, -0.2) is 0 Å². The molecule has 2 aromatic carbocycles. The molecule has 2 nitrogen and oxygen atoms in total. The fourth-order valence-corrected chi connectivity index (χ4v) is 3.91. The average molecular weight is 407 g/mol. The van der Waals surface area contributed by atoms with E-state index in [2.05, 4.69) is 57.6 Å². The number of hydrogen-bond donors (Lipinski definition) is 1. The van der Waals surface area contributed by atoms with E-state index in [9.17, 15) is 4.79 Å². The second-order valence-electron chi connectivity index (χ2n) is 4.74. The normalized spacial score (nSPS) is 10.7. The van der Waals surface area contributed by atoms with Crippen LogP contribution >= 0.6 is 33.9 Å². The topological polar surface area (TPSA) is 29.1 Å². The Bertz CT molecular complexity index is 781. The first-order valence-corrected chi connectivity index (χ1v) is 8.69. The third-order valence-corrected chi connectivity index (χ3v) is 5.31. The molecule has 1 amide bonds. The number of thiophene rings is 1. The van der Waals surface area contributed by atoms with Gasteiger partial charge in [0.15, 0.2) is 0 Å². The zero-order valence-electron chi connectivity index (χ0n) is 11.3. The van der Waals surface area contributed by atoms with Gasteiger partial charge >= 0.3 is 0 Å². The van der Waals surface area contributed by atoms with Crippen LogP contribution in [0.5, 0.6) is 0 Å². The van der Waals surface area contributed by atoms with Gasteiger partial charge in [0.2, 0.25) is 0 Å². The van der Waals surface area contributed by atoms with Gasteiger partial charge < -0.3 is 5.32 Å². The Balaban J connectivity index is 1.64. The Hall–Kier alpha value is -1.40. The molecule has 0 bridgehead atoms. The molecule has 3 aromatic rings. The highest BCUT2D eigenvalue weighted by atomic mass is 127. The lowest BCUT2D eigenvalue weighted by molar-refractivity contribution is 0.0953. The maximum atomic E-state index is 12.1. The molecule has 4 heteroatoms. The van der Waals surface area contributed by atoms with Crippen LogP contribution in [0, 0.1) is 3.57 Å². The van der Waals surface area contributed by atoms with Crippen molar-refractivity contribution in [2.75, 3.05) is 6.54 Å². The molecule has 3 rings (SSSR count). The van der Waals surface area contributed by atoms with Crippen LogP contribution in [0.15, 0.2) is 53.9 Å². The van der Waals surface area contributed by atoms with Gasteiger partial charge in [0.05, 0.1) is 5.56 Å². The van der Waals surface area contributed by atoms with E-state index >= 15 is 0 Å². The summed E-state index contributed by atoms with van der Waals surface area (Å²) in [7, 11) is 0. The minimum Gasteiger partial charge on any atom is -0.352 e. The van der Waals surface area contributed by atoms with Gasteiger partial charge in [0.25, 0.3) is 5.91 Å². The summed E-state index contributed by atoms with van der Waals surface area (Å²) in [6.45, 7) is 0.657. The molecule has 0 saturated carbocycles. The van der Waals surface area contributed by atoms with Crippen molar-refractivity contribution in [2.45, 2.75) is 6.42 Å². The van der Waals surface area contributed by atoms with Gasteiger partial charge in [0.1, 0.15) is 0 Å². The van der Waals surface area contributed by atoms with E-state index in [1.807, 2.05) is 24.3 Å². The van der Waals surface area contributed by atoms with E-state index in [-0.39, 0.29) is 5.91 Å². The Morgan fingerprint density at radius 1 is 1.10 bits per heavy atom. The van der Waals surface area contributed by atoms with E-state index in [1.54, 1.807) is 11.3 Å². The van der Waals surface area contributed by atoms with Crippen molar-refractivity contribution in [3.05, 3.63) is 68.6 Å². The molecule has 0 aliphatic rings. The van der Waals surface area contributed by atoms with Crippen molar-refractivity contribution in [2.24, 2.45) is 0 Å². The minimum absolute atomic E-state index is 0.000430. The number of hydrogen-bond acceptors (Lipinski definition) is 2. The van der Waals surface area contributed by atoms with Gasteiger partial charge in [-0.05, 0) is 63.5 Å². The first kappa shape index (κ1) is 14.5. The number of rotatable bonds is 4. The highest BCUT2D eigenvalue weighted by Crippen LogP contribution is 2.25. The monoisotopic (exact) mass is 407 g/mol. The predicted octanol–water partition coefficient (Wildman–Crippen LogP) is 4.48. The number of benzene rings is 2. The molecule has 0 atom stereocenters. The molecule has 0 radical (unpaired) electrons. The molecular formula is C17H14INOS. The summed E-state index contributed by atoms with van der Waals surface area (Å²) in [5, 5.41) is 6.48. The van der Waals surface area contributed by atoms with Crippen LogP contribution in [0.4, 0.5) is 0 Å². The molecule has 1 aromatic heterocycles. The van der Waals surface area contributed by atoms with Gasteiger partial charge in [0, 0.05) is 14.8 Å². The predicted molar refractivity (Wildman–Crippen MR) is 97.0 cm³/mol. The molecule has 0 fully saturated rings. The zero-order valence-corrected chi connectivity index (χ0v) is 14.3.